The molecule has 17 heavy (non-hydrogen) atoms. The SMILES string of the molecule is CCC(CC)NC(=O)CN(CC)C1CCNC1. The highest BCUT2D eigenvalue weighted by Crippen LogP contribution is 2.07. The molecule has 0 radical (unpaired) electrons. The molecular weight excluding hydrogens is 214 g/mol. The zero-order valence-corrected chi connectivity index (χ0v) is 11.5. The fourth-order valence-corrected chi connectivity index (χ4v) is 2.40. The van der Waals surface area contributed by atoms with Crippen molar-refractivity contribution in [1.29, 1.82) is 0 Å². The van der Waals surface area contributed by atoms with E-state index < -0.39 is 0 Å². The molecule has 1 amide bonds. The Balaban J connectivity index is 2.36. The molecule has 0 saturated carbocycles. The van der Waals surface area contributed by atoms with Crippen molar-refractivity contribution in [3.63, 3.8) is 0 Å². The smallest absolute Gasteiger partial charge is 0.234 e. The average Bonchev–Trinajstić information content (AvgIpc) is 2.86. The van der Waals surface area contributed by atoms with Crippen LogP contribution in [0.1, 0.15) is 40.0 Å². The van der Waals surface area contributed by atoms with Crippen molar-refractivity contribution in [2.75, 3.05) is 26.2 Å². The van der Waals surface area contributed by atoms with Crippen molar-refractivity contribution in [1.82, 2.24) is 15.5 Å². The zero-order valence-electron chi connectivity index (χ0n) is 11.5. The normalized spacial score (nSPS) is 20.2. The van der Waals surface area contributed by atoms with E-state index in [1.54, 1.807) is 0 Å². The lowest BCUT2D eigenvalue weighted by molar-refractivity contribution is -0.123. The largest absolute Gasteiger partial charge is 0.352 e. The Morgan fingerprint density at radius 3 is 2.59 bits per heavy atom. The van der Waals surface area contributed by atoms with Crippen LogP contribution in [0.3, 0.4) is 0 Å². The van der Waals surface area contributed by atoms with E-state index in [0.29, 0.717) is 18.6 Å². The van der Waals surface area contributed by atoms with Crippen LogP contribution in [0.25, 0.3) is 0 Å². The lowest BCUT2D eigenvalue weighted by Gasteiger charge is -2.27. The first kappa shape index (κ1) is 14.5. The van der Waals surface area contributed by atoms with E-state index in [-0.39, 0.29) is 5.91 Å². The van der Waals surface area contributed by atoms with Crippen molar-refractivity contribution in [2.45, 2.75) is 52.1 Å². The second-order valence-corrected chi connectivity index (χ2v) is 4.79. The number of amides is 1. The van der Waals surface area contributed by atoms with E-state index in [9.17, 15) is 4.79 Å². The Morgan fingerprint density at radius 1 is 1.41 bits per heavy atom. The molecule has 1 aliphatic rings. The molecule has 4 nitrogen and oxygen atoms in total. The quantitative estimate of drug-likeness (QED) is 0.698. The molecule has 0 spiro atoms. The van der Waals surface area contributed by atoms with Crippen LogP contribution in [0.4, 0.5) is 0 Å². The van der Waals surface area contributed by atoms with Gasteiger partial charge in [0.1, 0.15) is 0 Å². The second kappa shape index (κ2) is 7.67. The van der Waals surface area contributed by atoms with Crippen LogP contribution in [0.5, 0.6) is 0 Å². The summed E-state index contributed by atoms with van der Waals surface area (Å²) in [6.07, 6.45) is 3.19. The van der Waals surface area contributed by atoms with Gasteiger partial charge >= 0.3 is 0 Å². The monoisotopic (exact) mass is 241 g/mol. The molecule has 100 valence electrons. The van der Waals surface area contributed by atoms with Gasteiger partial charge in [0.05, 0.1) is 6.54 Å². The van der Waals surface area contributed by atoms with E-state index in [1.807, 2.05) is 0 Å². The van der Waals surface area contributed by atoms with Gasteiger partial charge < -0.3 is 10.6 Å². The summed E-state index contributed by atoms with van der Waals surface area (Å²) >= 11 is 0. The number of hydrogen-bond acceptors (Lipinski definition) is 3. The maximum atomic E-state index is 11.9. The topological polar surface area (TPSA) is 44.4 Å². The summed E-state index contributed by atoms with van der Waals surface area (Å²) in [5.41, 5.74) is 0. The van der Waals surface area contributed by atoms with Crippen LogP contribution < -0.4 is 10.6 Å². The van der Waals surface area contributed by atoms with Crippen molar-refractivity contribution in [3.05, 3.63) is 0 Å². The molecule has 1 fully saturated rings. The number of rotatable bonds is 7. The molecule has 0 aromatic carbocycles. The van der Waals surface area contributed by atoms with Gasteiger partial charge in [-0.25, -0.2) is 0 Å². The molecule has 1 unspecified atom stereocenters. The van der Waals surface area contributed by atoms with Gasteiger partial charge in [0, 0.05) is 18.6 Å². The maximum Gasteiger partial charge on any atom is 0.234 e. The lowest BCUT2D eigenvalue weighted by Crippen LogP contribution is -2.46. The summed E-state index contributed by atoms with van der Waals surface area (Å²) < 4.78 is 0. The summed E-state index contributed by atoms with van der Waals surface area (Å²) in [7, 11) is 0. The van der Waals surface area contributed by atoms with Crippen molar-refractivity contribution >= 4 is 5.91 Å². The van der Waals surface area contributed by atoms with Crippen molar-refractivity contribution in [3.8, 4) is 0 Å². The number of nitrogens with zero attached hydrogens (tertiary/aromatic N) is 1. The highest BCUT2D eigenvalue weighted by molar-refractivity contribution is 5.78. The molecule has 0 aromatic rings. The van der Waals surface area contributed by atoms with Gasteiger partial charge in [-0.2, -0.15) is 0 Å². The fraction of sp³-hybridized carbons (Fsp3) is 0.923. The van der Waals surface area contributed by atoms with Gasteiger partial charge in [0.25, 0.3) is 0 Å². The summed E-state index contributed by atoms with van der Waals surface area (Å²) in [5, 5.41) is 6.45. The van der Waals surface area contributed by atoms with Gasteiger partial charge in [-0.1, -0.05) is 20.8 Å². The van der Waals surface area contributed by atoms with Gasteiger partial charge in [-0.05, 0) is 32.4 Å². The van der Waals surface area contributed by atoms with Gasteiger partial charge in [-0.15, -0.1) is 0 Å². The average molecular weight is 241 g/mol. The molecule has 4 heteroatoms. The predicted molar refractivity (Wildman–Crippen MR) is 71.0 cm³/mol. The van der Waals surface area contributed by atoms with E-state index >= 15 is 0 Å². The van der Waals surface area contributed by atoms with Crippen molar-refractivity contribution in [2.24, 2.45) is 0 Å². The van der Waals surface area contributed by atoms with E-state index in [1.165, 1.54) is 0 Å². The molecule has 0 aliphatic carbocycles. The summed E-state index contributed by atoms with van der Waals surface area (Å²) in [4.78, 5) is 14.2. The second-order valence-electron chi connectivity index (χ2n) is 4.79. The van der Waals surface area contributed by atoms with Crippen LogP contribution in [0.2, 0.25) is 0 Å². The summed E-state index contributed by atoms with van der Waals surface area (Å²) in [5.74, 6) is 0.174. The van der Waals surface area contributed by atoms with E-state index in [0.717, 1.165) is 38.9 Å². The third-order valence-electron chi connectivity index (χ3n) is 3.65. The van der Waals surface area contributed by atoms with Crippen LogP contribution in [-0.2, 0) is 4.79 Å². The first-order valence-electron chi connectivity index (χ1n) is 6.95. The van der Waals surface area contributed by atoms with Crippen molar-refractivity contribution < 1.29 is 4.79 Å². The highest BCUT2D eigenvalue weighted by Gasteiger charge is 2.23. The third kappa shape index (κ3) is 4.64. The minimum atomic E-state index is 0.174. The molecular formula is C13H27N3O. The Labute approximate surface area is 105 Å². The van der Waals surface area contributed by atoms with Gasteiger partial charge in [0.2, 0.25) is 5.91 Å². The standard InChI is InChI=1S/C13H27N3O/c1-4-11(5-2)15-13(17)10-16(6-3)12-7-8-14-9-12/h11-12,14H,4-10H2,1-3H3,(H,15,17). The number of nitrogens with one attached hydrogen (secondary N) is 2. The number of likely N-dealkylation sites (N-methyl/N-ethyl adjacent to an activating group) is 1. The van der Waals surface area contributed by atoms with Gasteiger partial charge in [0.15, 0.2) is 0 Å². The highest BCUT2D eigenvalue weighted by atomic mass is 16.2. The van der Waals surface area contributed by atoms with Crippen LogP contribution in [0.15, 0.2) is 0 Å². The Bertz CT molecular complexity index is 223. The molecule has 2 N–H and O–H groups in total. The molecule has 0 aromatic heterocycles. The Kier molecular flexibility index (Phi) is 6.52. The predicted octanol–water partition coefficient (Wildman–Crippen LogP) is 0.975. The molecule has 1 saturated heterocycles. The van der Waals surface area contributed by atoms with Crippen LogP contribution in [-0.4, -0.2) is 49.1 Å². The number of hydrogen-bond donors (Lipinski definition) is 2. The number of carbonyl (C=O) groups is 1. The fourth-order valence-electron chi connectivity index (χ4n) is 2.40. The molecule has 1 rings (SSSR count). The Morgan fingerprint density at radius 2 is 2.12 bits per heavy atom. The minimum absolute atomic E-state index is 0.174. The van der Waals surface area contributed by atoms with E-state index in [2.05, 4.69) is 36.3 Å². The Hall–Kier alpha value is -0.610. The molecule has 1 heterocycles. The lowest BCUT2D eigenvalue weighted by atomic mass is 10.1. The maximum absolute atomic E-state index is 11.9. The van der Waals surface area contributed by atoms with Crippen LogP contribution in [0, 0.1) is 0 Å². The third-order valence-corrected chi connectivity index (χ3v) is 3.65. The molecule has 1 atom stereocenters. The van der Waals surface area contributed by atoms with Crippen LogP contribution >= 0.6 is 0 Å². The number of carbonyl (C=O) groups excluding carboxylic acids is 1. The van der Waals surface area contributed by atoms with E-state index in [4.69, 9.17) is 0 Å². The minimum Gasteiger partial charge on any atom is -0.352 e. The first-order chi connectivity index (χ1) is 8.21. The zero-order chi connectivity index (χ0) is 12.7. The first-order valence-corrected chi connectivity index (χ1v) is 6.95. The molecule has 0 bridgehead atoms. The summed E-state index contributed by atoms with van der Waals surface area (Å²) in [6.45, 7) is 9.95. The van der Waals surface area contributed by atoms with Gasteiger partial charge in [-0.3, -0.25) is 9.69 Å². The molecule has 1 aliphatic heterocycles. The summed E-state index contributed by atoms with van der Waals surface area (Å²) in [6, 6.07) is 0.871.